The Balaban J connectivity index is -0.000000405. The number of carbonyl (C=O) groups excluding carboxylic acids is 1. The first-order valence-electron chi connectivity index (χ1n) is 2.80. The van der Waals surface area contributed by atoms with Crippen molar-refractivity contribution in [2.24, 2.45) is 11.5 Å². The van der Waals surface area contributed by atoms with Gasteiger partial charge in [0.2, 0.25) is 5.91 Å². The van der Waals surface area contributed by atoms with E-state index in [4.69, 9.17) is 16.6 Å². The molecular weight excluding hydrogens is 175 g/mol. The van der Waals surface area contributed by atoms with Gasteiger partial charge in [-0.2, -0.15) is 0 Å². The molecule has 1 atom stereocenters. The molecule has 0 bridgehead atoms. The van der Waals surface area contributed by atoms with Crippen LogP contribution in [0.2, 0.25) is 0 Å². The standard InChI is InChI=1S/C5H10N2O3.Na.H2O.H/c6-3(5(9)10)1-2-4(7)8;;;/h3H,1-2,6H2,(H2,7,8)(H,9,10);;1H2;/t3-;;;/m0.../s1. The number of carboxylic acid groups (broad SMARTS) is 1. The Bertz CT molecular complexity index is 152. The molecule has 0 aromatic rings. The van der Waals surface area contributed by atoms with Crippen LogP contribution in [0, 0.1) is 0 Å². The van der Waals surface area contributed by atoms with Gasteiger partial charge in [0.25, 0.3) is 0 Å². The number of hydrogen-bond donors (Lipinski definition) is 3. The molecule has 12 heavy (non-hydrogen) atoms. The van der Waals surface area contributed by atoms with Crippen molar-refractivity contribution in [1.29, 1.82) is 0 Å². The van der Waals surface area contributed by atoms with Crippen molar-refractivity contribution in [1.82, 2.24) is 0 Å². The van der Waals surface area contributed by atoms with Crippen LogP contribution < -0.4 is 11.5 Å². The van der Waals surface area contributed by atoms with Crippen molar-refractivity contribution < 1.29 is 20.2 Å². The molecule has 0 aliphatic carbocycles. The summed E-state index contributed by atoms with van der Waals surface area (Å²) in [5.74, 6) is -1.64. The maximum absolute atomic E-state index is 10.1. The molecule has 0 aromatic heterocycles. The third-order valence-corrected chi connectivity index (χ3v) is 1.02. The van der Waals surface area contributed by atoms with Crippen LogP contribution in [0.15, 0.2) is 0 Å². The summed E-state index contributed by atoms with van der Waals surface area (Å²) in [4.78, 5) is 20.1. The van der Waals surface area contributed by atoms with Crippen molar-refractivity contribution in [3.05, 3.63) is 0 Å². The molecule has 0 heterocycles. The fourth-order valence-electron chi connectivity index (χ4n) is 0.421. The molecule has 7 heteroatoms. The molecule has 0 aliphatic heterocycles. The fraction of sp³-hybridized carbons (Fsp3) is 0.600. The molecule has 0 spiro atoms. The van der Waals surface area contributed by atoms with Gasteiger partial charge in [-0.25, -0.2) is 0 Å². The summed E-state index contributed by atoms with van der Waals surface area (Å²) in [5.41, 5.74) is 9.81. The zero-order valence-electron chi connectivity index (χ0n) is 5.91. The minimum absolute atomic E-state index is 0. The van der Waals surface area contributed by atoms with Crippen LogP contribution in [0.1, 0.15) is 12.8 Å². The number of aliphatic carboxylic acids is 1. The molecule has 7 N–H and O–H groups in total. The number of nitrogens with two attached hydrogens (primary N) is 2. The van der Waals surface area contributed by atoms with Crippen LogP contribution in [-0.4, -0.2) is 58.1 Å². The van der Waals surface area contributed by atoms with E-state index in [1.54, 1.807) is 0 Å². The maximum atomic E-state index is 10.1. The number of carboxylic acids is 1. The summed E-state index contributed by atoms with van der Waals surface area (Å²) >= 11 is 0. The van der Waals surface area contributed by atoms with Gasteiger partial charge in [0, 0.05) is 6.42 Å². The third kappa shape index (κ3) is 9.86. The quantitative estimate of drug-likeness (QED) is 0.410. The van der Waals surface area contributed by atoms with Crippen molar-refractivity contribution in [2.75, 3.05) is 0 Å². The number of rotatable bonds is 4. The number of carbonyl (C=O) groups is 2. The van der Waals surface area contributed by atoms with Gasteiger partial charge >= 0.3 is 35.5 Å². The Labute approximate surface area is 91.9 Å². The zero-order chi connectivity index (χ0) is 8.15. The van der Waals surface area contributed by atoms with Crippen molar-refractivity contribution in [3.8, 4) is 0 Å². The van der Waals surface area contributed by atoms with Crippen molar-refractivity contribution in [2.45, 2.75) is 18.9 Å². The summed E-state index contributed by atoms with van der Waals surface area (Å²) in [5, 5.41) is 8.22. The molecule has 68 valence electrons. The fourth-order valence-corrected chi connectivity index (χ4v) is 0.421. The van der Waals surface area contributed by atoms with Gasteiger partial charge in [0.05, 0.1) is 0 Å². The molecule has 0 aromatic carbocycles. The molecule has 0 fully saturated rings. The van der Waals surface area contributed by atoms with Crippen LogP contribution in [0.5, 0.6) is 0 Å². The van der Waals surface area contributed by atoms with Crippen LogP contribution >= 0.6 is 0 Å². The molecule has 0 aliphatic rings. The van der Waals surface area contributed by atoms with E-state index in [0.717, 1.165) is 0 Å². The van der Waals surface area contributed by atoms with Crippen LogP contribution in [0.25, 0.3) is 0 Å². The van der Waals surface area contributed by atoms with Gasteiger partial charge in [-0.3, -0.25) is 9.59 Å². The Morgan fingerprint density at radius 1 is 1.42 bits per heavy atom. The second-order valence-electron chi connectivity index (χ2n) is 1.95. The Morgan fingerprint density at radius 2 is 1.83 bits per heavy atom. The molecule has 0 radical (unpaired) electrons. The van der Waals surface area contributed by atoms with Gasteiger partial charge in [0.15, 0.2) is 0 Å². The van der Waals surface area contributed by atoms with Crippen molar-refractivity contribution in [3.63, 3.8) is 0 Å². The molecule has 6 nitrogen and oxygen atoms in total. The second kappa shape index (κ2) is 8.95. The molecular formula is C5H13N2NaO4. The zero-order valence-corrected chi connectivity index (χ0v) is 5.91. The van der Waals surface area contributed by atoms with E-state index in [0.29, 0.717) is 0 Å². The topological polar surface area (TPSA) is 138 Å². The first-order chi connectivity index (χ1) is 4.54. The van der Waals surface area contributed by atoms with Crippen LogP contribution in [-0.2, 0) is 9.59 Å². The predicted molar refractivity (Wildman–Crippen MR) is 44.8 cm³/mol. The summed E-state index contributed by atoms with van der Waals surface area (Å²) in [6.45, 7) is 0. The number of amides is 1. The summed E-state index contributed by atoms with van der Waals surface area (Å²) in [6.07, 6.45) is 0.123. The Hall–Kier alpha value is -0.140. The molecule has 0 unspecified atom stereocenters. The van der Waals surface area contributed by atoms with E-state index < -0.39 is 17.9 Å². The van der Waals surface area contributed by atoms with Gasteiger partial charge in [-0.05, 0) is 6.42 Å². The number of primary amides is 1. The molecule has 0 saturated heterocycles. The monoisotopic (exact) mass is 188 g/mol. The normalized spacial score (nSPS) is 10.4. The SMILES string of the molecule is NC(=O)CC[C@H](N)C(=O)O.O.[NaH]. The van der Waals surface area contributed by atoms with E-state index in [9.17, 15) is 9.59 Å². The van der Waals surface area contributed by atoms with Crippen LogP contribution in [0.3, 0.4) is 0 Å². The average molecular weight is 188 g/mol. The Morgan fingerprint density at radius 3 is 2.08 bits per heavy atom. The average Bonchev–Trinajstić information content (AvgIpc) is 1.82. The van der Waals surface area contributed by atoms with E-state index in [2.05, 4.69) is 0 Å². The number of hydrogen-bond acceptors (Lipinski definition) is 3. The first kappa shape index (κ1) is 17.8. The summed E-state index contributed by atoms with van der Waals surface area (Å²) < 4.78 is 0. The van der Waals surface area contributed by atoms with Gasteiger partial charge in [-0.1, -0.05) is 0 Å². The van der Waals surface area contributed by atoms with Gasteiger partial charge in [-0.15, -0.1) is 0 Å². The molecule has 0 rings (SSSR count). The molecule has 0 saturated carbocycles. The van der Waals surface area contributed by atoms with E-state index in [1.165, 1.54) is 0 Å². The third-order valence-electron chi connectivity index (χ3n) is 1.02. The summed E-state index contributed by atoms with van der Waals surface area (Å²) in [6, 6.07) is -0.979. The van der Waals surface area contributed by atoms with Gasteiger partial charge in [0.1, 0.15) is 6.04 Å². The van der Waals surface area contributed by atoms with Gasteiger partial charge < -0.3 is 22.1 Å². The predicted octanol–water partition coefficient (Wildman–Crippen LogP) is -2.81. The second-order valence-corrected chi connectivity index (χ2v) is 1.95. The summed E-state index contributed by atoms with van der Waals surface area (Å²) in [7, 11) is 0. The minimum atomic E-state index is -1.11. The van der Waals surface area contributed by atoms with Crippen molar-refractivity contribution >= 4 is 41.4 Å². The Kier molecular flexibility index (Phi) is 13.3. The van der Waals surface area contributed by atoms with Crippen LogP contribution in [0.4, 0.5) is 0 Å². The van der Waals surface area contributed by atoms with E-state index in [-0.39, 0.29) is 47.9 Å². The molecule has 1 amide bonds. The van der Waals surface area contributed by atoms with E-state index in [1.807, 2.05) is 0 Å². The van der Waals surface area contributed by atoms with E-state index >= 15 is 0 Å². The first-order valence-corrected chi connectivity index (χ1v) is 2.80.